The molecule has 0 N–H and O–H groups in total. The molecule has 47 heavy (non-hydrogen) atoms. The summed E-state index contributed by atoms with van der Waals surface area (Å²) in [6.07, 6.45) is -2.14. The Hall–Kier alpha value is -4.18. The first kappa shape index (κ1) is 35.7. The minimum Gasteiger partial charge on any atom is -0.458 e. The molecule has 1 fully saturated rings. The second-order valence-corrected chi connectivity index (χ2v) is 13.5. The van der Waals surface area contributed by atoms with Crippen LogP contribution >= 0.6 is 0 Å². The van der Waals surface area contributed by atoms with E-state index in [1.54, 1.807) is 20.8 Å². The van der Waals surface area contributed by atoms with Crippen LogP contribution in [-0.4, -0.2) is 79.7 Å². The summed E-state index contributed by atoms with van der Waals surface area (Å²) in [5, 5.41) is 1.91. The molecule has 0 radical (unpaired) electrons. The summed E-state index contributed by atoms with van der Waals surface area (Å²) in [5.74, 6) is -1.58. The number of hydrogen-bond acceptors (Lipinski definition) is 8. The number of ether oxygens (including phenoxy) is 4. The number of nitrogens with zero attached hydrogens (tertiary/aromatic N) is 2. The maximum Gasteiger partial charge on any atom is 0.410 e. The van der Waals surface area contributed by atoms with Gasteiger partial charge in [0.1, 0.15) is 23.9 Å². The quantitative estimate of drug-likeness (QED) is 0.159. The van der Waals surface area contributed by atoms with Gasteiger partial charge < -0.3 is 23.8 Å². The molecule has 1 saturated heterocycles. The number of esters is 2. The van der Waals surface area contributed by atoms with Crippen molar-refractivity contribution in [3.63, 3.8) is 0 Å². The number of benzene rings is 3. The highest BCUT2D eigenvalue weighted by Gasteiger charge is 2.36. The van der Waals surface area contributed by atoms with E-state index >= 15 is 0 Å². The molecular weight excluding hydrogens is 603 g/mol. The van der Waals surface area contributed by atoms with Crippen LogP contribution in [0.5, 0.6) is 0 Å². The van der Waals surface area contributed by atoms with Crippen molar-refractivity contribution in [3.05, 3.63) is 77.9 Å². The van der Waals surface area contributed by atoms with Crippen molar-refractivity contribution in [1.82, 2.24) is 4.90 Å². The van der Waals surface area contributed by atoms with Crippen LogP contribution in [0.4, 0.5) is 14.9 Å². The van der Waals surface area contributed by atoms with Gasteiger partial charge in [-0.1, -0.05) is 60.7 Å². The minimum absolute atomic E-state index is 0.0122. The van der Waals surface area contributed by atoms with Gasteiger partial charge in [0.05, 0.1) is 13.2 Å². The summed E-state index contributed by atoms with van der Waals surface area (Å²) in [6, 6.07) is 19.8. The van der Waals surface area contributed by atoms with E-state index in [1.807, 2.05) is 66.7 Å². The van der Waals surface area contributed by atoms with Gasteiger partial charge in [0, 0.05) is 37.6 Å². The number of anilines is 1. The smallest absolute Gasteiger partial charge is 0.410 e. The number of halogens is 1. The molecule has 1 heterocycles. The number of amides is 1. The molecule has 3 aromatic carbocycles. The van der Waals surface area contributed by atoms with Gasteiger partial charge in [0.25, 0.3) is 0 Å². The number of alkyl halides is 1. The third-order valence-corrected chi connectivity index (χ3v) is 7.93. The Morgan fingerprint density at radius 3 is 2.17 bits per heavy atom. The average molecular weight is 651 g/mol. The maximum atomic E-state index is 14.6. The van der Waals surface area contributed by atoms with E-state index in [0.29, 0.717) is 13.2 Å². The number of rotatable bonds is 12. The summed E-state index contributed by atoms with van der Waals surface area (Å²) in [4.78, 5) is 43.9. The van der Waals surface area contributed by atoms with Crippen LogP contribution in [0, 0.1) is 0 Å². The Bertz CT molecular complexity index is 1510. The van der Waals surface area contributed by atoms with Crippen molar-refractivity contribution in [2.45, 2.75) is 83.9 Å². The molecule has 10 heteroatoms. The summed E-state index contributed by atoms with van der Waals surface area (Å²) in [7, 11) is 1.41. The van der Waals surface area contributed by atoms with Crippen molar-refractivity contribution in [3.8, 4) is 0 Å². The summed E-state index contributed by atoms with van der Waals surface area (Å²) in [5.41, 5.74) is 0.188. The lowest BCUT2D eigenvalue weighted by Gasteiger charge is -2.31. The SMILES string of the molecule is CN(C(=O)OC(C)(C)C)[C@@H](CCC(C)(C)F)C(=O)O[C@H](Cc1ccc(N2CCOCC2)c2ccccc12)C(=O)OCc1ccccc1. The minimum atomic E-state index is -1.61. The molecule has 0 aromatic heterocycles. The van der Waals surface area contributed by atoms with Gasteiger partial charge in [-0.3, -0.25) is 4.90 Å². The number of likely N-dealkylation sites (N-methyl/N-ethyl adjacent to an activating group) is 1. The summed E-state index contributed by atoms with van der Waals surface area (Å²) < 4.78 is 37.2. The van der Waals surface area contributed by atoms with Gasteiger partial charge in [0.15, 0.2) is 0 Å². The predicted molar refractivity (Wildman–Crippen MR) is 179 cm³/mol. The fraction of sp³-hybridized carbons (Fsp3) is 0.486. The fourth-order valence-electron chi connectivity index (χ4n) is 5.43. The van der Waals surface area contributed by atoms with E-state index in [-0.39, 0.29) is 25.9 Å². The lowest BCUT2D eigenvalue weighted by molar-refractivity contribution is -0.171. The highest BCUT2D eigenvalue weighted by molar-refractivity contribution is 5.97. The molecule has 0 unspecified atom stereocenters. The molecule has 254 valence electrons. The van der Waals surface area contributed by atoms with Crippen LogP contribution in [0.25, 0.3) is 10.8 Å². The van der Waals surface area contributed by atoms with E-state index in [2.05, 4.69) is 4.90 Å². The second kappa shape index (κ2) is 15.6. The van der Waals surface area contributed by atoms with Crippen molar-refractivity contribution in [1.29, 1.82) is 0 Å². The van der Waals surface area contributed by atoms with Gasteiger partial charge in [-0.25, -0.2) is 18.8 Å². The second-order valence-electron chi connectivity index (χ2n) is 13.5. The zero-order valence-electron chi connectivity index (χ0n) is 28.3. The topological polar surface area (TPSA) is 94.6 Å². The molecule has 2 atom stereocenters. The van der Waals surface area contributed by atoms with Gasteiger partial charge in [-0.2, -0.15) is 0 Å². The molecule has 0 spiro atoms. The Morgan fingerprint density at radius 1 is 0.894 bits per heavy atom. The Morgan fingerprint density at radius 2 is 1.53 bits per heavy atom. The van der Waals surface area contributed by atoms with Crippen LogP contribution in [0.1, 0.15) is 58.6 Å². The largest absolute Gasteiger partial charge is 0.458 e. The molecule has 1 amide bonds. The fourth-order valence-corrected chi connectivity index (χ4v) is 5.43. The number of fused-ring (bicyclic) bond motifs is 1. The van der Waals surface area contributed by atoms with E-state index in [9.17, 15) is 18.8 Å². The zero-order valence-corrected chi connectivity index (χ0v) is 28.3. The Kier molecular flexibility index (Phi) is 11.8. The first-order valence-corrected chi connectivity index (χ1v) is 16.1. The molecule has 0 bridgehead atoms. The standard InChI is InChI=1S/C37H47FN2O7/c1-36(2,3)47-35(43)39(6)31(18-19-37(4,5)38)33(41)46-32(34(42)45-25-26-12-8-7-9-13-26)24-27-16-17-30(40-20-22-44-23-21-40)29-15-11-10-14-28(27)29/h7-17,31-32H,18-25H2,1-6H3/t31-,32+/m0/s1. The normalized spacial score (nSPS) is 15.1. The number of morpholine rings is 1. The summed E-state index contributed by atoms with van der Waals surface area (Å²) >= 11 is 0. The lowest BCUT2D eigenvalue weighted by Crippen LogP contribution is -2.47. The first-order chi connectivity index (χ1) is 22.2. The number of carbonyl (C=O) groups excluding carboxylic acids is 3. The van der Waals surface area contributed by atoms with E-state index < -0.39 is 41.4 Å². The van der Waals surface area contributed by atoms with E-state index in [1.165, 1.54) is 20.9 Å². The first-order valence-electron chi connectivity index (χ1n) is 16.1. The van der Waals surface area contributed by atoms with Crippen molar-refractivity contribution in [2.75, 3.05) is 38.3 Å². The van der Waals surface area contributed by atoms with Crippen LogP contribution in [-0.2, 0) is 41.6 Å². The molecule has 1 aliphatic heterocycles. The van der Waals surface area contributed by atoms with Crippen molar-refractivity contribution < 1.29 is 37.7 Å². The molecule has 4 rings (SSSR count). The average Bonchev–Trinajstić information content (AvgIpc) is 3.03. The number of carbonyl (C=O) groups is 3. The molecular formula is C37H47FN2O7. The molecule has 0 saturated carbocycles. The monoisotopic (exact) mass is 650 g/mol. The molecule has 3 aromatic rings. The number of hydrogen-bond donors (Lipinski definition) is 0. The van der Waals surface area contributed by atoms with Gasteiger partial charge in [-0.15, -0.1) is 0 Å². The lowest BCUT2D eigenvalue weighted by atomic mass is 9.97. The van der Waals surface area contributed by atoms with E-state index in [0.717, 1.165) is 45.6 Å². The third-order valence-electron chi connectivity index (χ3n) is 7.93. The van der Waals surface area contributed by atoms with Gasteiger partial charge in [0.2, 0.25) is 6.10 Å². The maximum absolute atomic E-state index is 14.6. The van der Waals surface area contributed by atoms with Crippen molar-refractivity contribution >= 4 is 34.5 Å². The van der Waals surface area contributed by atoms with Gasteiger partial charge in [-0.05, 0) is 70.0 Å². The highest BCUT2D eigenvalue weighted by Crippen LogP contribution is 2.31. The van der Waals surface area contributed by atoms with E-state index in [4.69, 9.17) is 18.9 Å². The van der Waals surface area contributed by atoms with Crippen LogP contribution in [0.15, 0.2) is 66.7 Å². The van der Waals surface area contributed by atoms with Gasteiger partial charge >= 0.3 is 18.0 Å². The van der Waals surface area contributed by atoms with Crippen LogP contribution in [0.2, 0.25) is 0 Å². The Balaban J connectivity index is 1.64. The predicted octanol–water partition coefficient (Wildman–Crippen LogP) is 6.64. The van der Waals surface area contributed by atoms with Crippen LogP contribution < -0.4 is 4.90 Å². The zero-order chi connectivity index (χ0) is 34.2. The molecule has 1 aliphatic rings. The Labute approximate surface area is 276 Å². The third kappa shape index (κ3) is 10.4. The van der Waals surface area contributed by atoms with Crippen molar-refractivity contribution in [2.24, 2.45) is 0 Å². The molecule has 0 aliphatic carbocycles. The molecule has 9 nitrogen and oxygen atoms in total. The summed E-state index contributed by atoms with van der Waals surface area (Å²) in [6.45, 7) is 10.7. The highest BCUT2D eigenvalue weighted by atomic mass is 19.1. The van der Waals surface area contributed by atoms with Crippen LogP contribution in [0.3, 0.4) is 0 Å².